The van der Waals surface area contributed by atoms with Crippen LogP contribution in [0, 0.1) is 23.7 Å². The van der Waals surface area contributed by atoms with Gasteiger partial charge in [0.2, 0.25) is 0 Å². The standard InChI is InChI=1S/C45H75N3O12/c1-15-33-45(10,53)38(50)27(4)35(47-46-24-31-19-17-16-18-20-31)25(2)22-44(9,55-14)40(60-42-36(49)32(48(11)12)21-26(3)56-42)28(5)37(29(6)41(52)58-33)59-34-23-43(8,54-13)39(51)30(7)57-34/h16-20,24-30,32-34,36-40,42,49-51,53H,15,21-23H2,1-14H3/b46-24+,47-35-/t25-,26?,27+,28+,29-,30?,32?,33-,34?,36?,37+,38-,39?,40-,42?,43?,44-,45-/m1/s1. The molecule has 60 heavy (non-hydrogen) atoms. The van der Waals surface area contributed by atoms with Crippen LogP contribution >= 0.6 is 0 Å². The Hall–Kier alpha value is -2.41. The lowest BCUT2D eigenvalue weighted by Crippen LogP contribution is -2.61. The predicted octanol–water partition coefficient (Wildman–Crippen LogP) is 4.35. The molecule has 342 valence electrons. The molecule has 1 aromatic rings. The zero-order valence-corrected chi connectivity index (χ0v) is 38.3. The van der Waals surface area contributed by atoms with Crippen LogP contribution in [0.4, 0.5) is 0 Å². The molecule has 8 unspecified atom stereocenters. The average molecular weight is 850 g/mol. The molecule has 0 spiro atoms. The van der Waals surface area contributed by atoms with Crippen molar-refractivity contribution >= 4 is 17.9 Å². The fraction of sp³-hybridized carbons (Fsp3) is 0.800. The van der Waals surface area contributed by atoms with E-state index in [0.29, 0.717) is 12.1 Å². The van der Waals surface area contributed by atoms with Gasteiger partial charge in [0.05, 0.1) is 53.9 Å². The van der Waals surface area contributed by atoms with E-state index >= 15 is 0 Å². The molecule has 3 aliphatic heterocycles. The Kier molecular flexibility index (Phi) is 17.5. The highest BCUT2D eigenvalue weighted by molar-refractivity contribution is 5.90. The van der Waals surface area contributed by atoms with Crippen LogP contribution in [0.15, 0.2) is 40.5 Å². The fourth-order valence-electron chi connectivity index (χ4n) is 9.49. The Balaban J connectivity index is 1.92. The number of aliphatic hydroxyl groups excluding tert-OH is 3. The fourth-order valence-corrected chi connectivity index (χ4v) is 9.49. The molecule has 0 amide bonds. The monoisotopic (exact) mass is 850 g/mol. The van der Waals surface area contributed by atoms with Crippen molar-refractivity contribution in [3.05, 3.63) is 35.9 Å². The van der Waals surface area contributed by atoms with E-state index in [1.165, 1.54) is 14.0 Å². The van der Waals surface area contributed by atoms with E-state index in [1.54, 1.807) is 47.9 Å². The summed E-state index contributed by atoms with van der Waals surface area (Å²) in [6.07, 6.45) is -6.70. The Morgan fingerprint density at radius 3 is 2.10 bits per heavy atom. The minimum atomic E-state index is -1.91. The second-order valence-corrected chi connectivity index (χ2v) is 18.4. The molecular weight excluding hydrogens is 775 g/mol. The predicted molar refractivity (Wildman–Crippen MR) is 228 cm³/mol. The molecule has 18 atom stereocenters. The van der Waals surface area contributed by atoms with Crippen LogP contribution in [0.3, 0.4) is 0 Å². The third kappa shape index (κ3) is 11.2. The first-order valence-electron chi connectivity index (χ1n) is 21.6. The lowest BCUT2D eigenvalue weighted by atomic mass is 9.73. The summed E-state index contributed by atoms with van der Waals surface area (Å²) in [4.78, 5) is 16.4. The van der Waals surface area contributed by atoms with Gasteiger partial charge >= 0.3 is 5.97 Å². The number of ether oxygens (including phenoxy) is 7. The zero-order valence-electron chi connectivity index (χ0n) is 38.3. The maximum atomic E-state index is 14.5. The summed E-state index contributed by atoms with van der Waals surface area (Å²) in [7, 11) is 6.90. The smallest absolute Gasteiger partial charge is 0.311 e. The van der Waals surface area contributed by atoms with Crippen molar-refractivity contribution < 1.29 is 58.4 Å². The van der Waals surface area contributed by atoms with E-state index in [9.17, 15) is 25.2 Å². The third-order valence-electron chi connectivity index (χ3n) is 13.5. The summed E-state index contributed by atoms with van der Waals surface area (Å²) >= 11 is 0. The number of carbonyl (C=O) groups is 1. The van der Waals surface area contributed by atoms with Crippen LogP contribution in [0.25, 0.3) is 0 Å². The van der Waals surface area contributed by atoms with E-state index in [1.807, 2.05) is 77.0 Å². The van der Waals surface area contributed by atoms with Crippen molar-refractivity contribution in [3.8, 4) is 0 Å². The van der Waals surface area contributed by atoms with Gasteiger partial charge in [-0.05, 0) is 86.4 Å². The van der Waals surface area contributed by atoms with E-state index in [4.69, 9.17) is 38.3 Å². The number of cyclic esters (lactones) is 1. The van der Waals surface area contributed by atoms with Crippen molar-refractivity contribution in [2.24, 2.45) is 33.9 Å². The summed E-state index contributed by atoms with van der Waals surface area (Å²) < 4.78 is 44.8. The van der Waals surface area contributed by atoms with Crippen LogP contribution < -0.4 is 0 Å². The van der Waals surface area contributed by atoms with Gasteiger partial charge < -0.3 is 58.5 Å². The Labute approximate surface area is 357 Å². The molecule has 3 fully saturated rings. The molecule has 0 bridgehead atoms. The molecule has 0 saturated carbocycles. The molecule has 0 aromatic heterocycles. The Morgan fingerprint density at radius 2 is 1.52 bits per heavy atom. The normalized spacial score (nSPS) is 44.8. The van der Waals surface area contributed by atoms with E-state index in [0.717, 1.165) is 5.56 Å². The maximum absolute atomic E-state index is 14.5. The summed E-state index contributed by atoms with van der Waals surface area (Å²) in [5, 5.41) is 56.1. The number of rotatable bonds is 10. The summed E-state index contributed by atoms with van der Waals surface area (Å²) in [5.74, 6) is -3.59. The largest absolute Gasteiger partial charge is 0.459 e. The molecule has 3 heterocycles. The minimum absolute atomic E-state index is 0.135. The van der Waals surface area contributed by atoms with Gasteiger partial charge in [0, 0.05) is 44.2 Å². The highest BCUT2D eigenvalue weighted by atomic mass is 16.7. The Bertz CT molecular complexity index is 1580. The van der Waals surface area contributed by atoms with Gasteiger partial charge in [-0.15, -0.1) is 0 Å². The Morgan fingerprint density at radius 1 is 0.883 bits per heavy atom. The summed E-state index contributed by atoms with van der Waals surface area (Å²) in [6.45, 7) is 17.9. The molecular formula is C45H75N3O12. The number of likely N-dealkylation sites (N-methyl/N-ethyl adjacent to an activating group) is 1. The lowest BCUT2D eigenvalue weighted by Gasteiger charge is -2.50. The molecule has 0 radical (unpaired) electrons. The molecule has 3 saturated heterocycles. The second-order valence-electron chi connectivity index (χ2n) is 18.4. The molecule has 15 heteroatoms. The van der Waals surface area contributed by atoms with Crippen molar-refractivity contribution in [1.29, 1.82) is 0 Å². The van der Waals surface area contributed by atoms with Crippen LogP contribution in [-0.4, -0.2) is 156 Å². The second kappa shape index (κ2) is 20.8. The van der Waals surface area contributed by atoms with E-state index < -0.39 is 102 Å². The van der Waals surface area contributed by atoms with Crippen molar-refractivity contribution in [3.63, 3.8) is 0 Å². The number of benzene rings is 1. The van der Waals surface area contributed by atoms with Gasteiger partial charge in [0.1, 0.15) is 23.9 Å². The van der Waals surface area contributed by atoms with Gasteiger partial charge in [-0.25, -0.2) is 0 Å². The van der Waals surface area contributed by atoms with E-state index in [2.05, 4.69) is 5.10 Å². The maximum Gasteiger partial charge on any atom is 0.311 e. The number of hydrogen-bond acceptors (Lipinski definition) is 15. The SMILES string of the molecule is CC[C@H]1OC(=O)[C@H](C)[C@@H](OC2CC(C)(OC)C(O)C(C)O2)[C@H](C)[C@@H](OC2OC(C)CC(N(C)C)C2O)[C@](C)(OC)C[C@@H](C)/C(=N/N=C/c2ccccc2)[C@H](C)[C@@H](O)[C@]1(C)O. The minimum Gasteiger partial charge on any atom is -0.459 e. The highest BCUT2D eigenvalue weighted by Gasteiger charge is 2.54. The number of esters is 1. The van der Waals surface area contributed by atoms with Gasteiger partial charge in [0.25, 0.3) is 0 Å². The van der Waals surface area contributed by atoms with Crippen LogP contribution in [0.1, 0.15) is 100 Å². The number of methoxy groups -OCH3 is 2. The third-order valence-corrected chi connectivity index (χ3v) is 13.5. The first-order valence-corrected chi connectivity index (χ1v) is 21.6. The van der Waals surface area contributed by atoms with Crippen molar-refractivity contribution in [2.45, 2.75) is 179 Å². The summed E-state index contributed by atoms with van der Waals surface area (Å²) in [6, 6.07) is 9.21. The first-order chi connectivity index (χ1) is 28.0. The first kappa shape index (κ1) is 50.2. The molecule has 4 N–H and O–H groups in total. The zero-order chi connectivity index (χ0) is 44.9. The molecule has 0 aliphatic carbocycles. The molecule has 4 rings (SSSR count). The number of hydrogen-bond donors (Lipinski definition) is 4. The average Bonchev–Trinajstić information content (AvgIpc) is 3.21. The lowest BCUT2D eigenvalue weighted by molar-refractivity contribution is -0.319. The van der Waals surface area contributed by atoms with Crippen molar-refractivity contribution in [1.82, 2.24) is 4.90 Å². The number of carbonyl (C=O) groups excluding carboxylic acids is 1. The molecule has 15 nitrogen and oxygen atoms in total. The highest BCUT2D eigenvalue weighted by Crippen LogP contribution is 2.42. The van der Waals surface area contributed by atoms with E-state index in [-0.39, 0.29) is 31.4 Å². The quantitative estimate of drug-likeness (QED) is 0.148. The molecule has 3 aliphatic rings. The van der Waals surface area contributed by atoms with Gasteiger partial charge in [-0.2, -0.15) is 10.2 Å². The number of nitrogens with zero attached hydrogens (tertiary/aromatic N) is 3. The van der Waals surface area contributed by atoms with Gasteiger partial charge in [0.15, 0.2) is 12.6 Å². The van der Waals surface area contributed by atoms with Crippen LogP contribution in [-0.2, 0) is 38.0 Å². The number of aliphatic hydroxyl groups is 4. The van der Waals surface area contributed by atoms with Crippen LogP contribution in [0.5, 0.6) is 0 Å². The van der Waals surface area contributed by atoms with Crippen molar-refractivity contribution in [2.75, 3.05) is 28.3 Å². The molecule has 1 aromatic carbocycles. The van der Waals surface area contributed by atoms with Gasteiger partial charge in [-0.1, -0.05) is 58.0 Å². The van der Waals surface area contributed by atoms with Gasteiger partial charge in [-0.3, -0.25) is 4.79 Å². The van der Waals surface area contributed by atoms with Crippen LogP contribution in [0.2, 0.25) is 0 Å². The topological polar surface area (TPSA) is 191 Å². The summed E-state index contributed by atoms with van der Waals surface area (Å²) in [5.41, 5.74) is -2.85.